The highest BCUT2D eigenvalue weighted by molar-refractivity contribution is 8.13. The average molecular weight is 263 g/mol. The molecule has 16 heavy (non-hydrogen) atoms. The lowest BCUT2D eigenvalue weighted by Gasteiger charge is -2.11. The molecule has 6 heteroatoms. The molecule has 0 saturated heterocycles. The summed E-state index contributed by atoms with van der Waals surface area (Å²) >= 11 is 0. The number of ether oxygens (including phenoxy) is 2. The van der Waals surface area contributed by atoms with E-state index in [1.807, 2.05) is 0 Å². The van der Waals surface area contributed by atoms with Crippen LogP contribution in [0.15, 0.2) is 23.1 Å². The van der Waals surface area contributed by atoms with Crippen LogP contribution in [0.2, 0.25) is 0 Å². The van der Waals surface area contributed by atoms with Gasteiger partial charge in [0.05, 0.1) is 13.2 Å². The molecule has 0 N–H and O–H groups in total. The summed E-state index contributed by atoms with van der Waals surface area (Å²) in [4.78, 5) is -0.0916. The van der Waals surface area contributed by atoms with Crippen LogP contribution in [-0.2, 0) is 9.05 Å². The third kappa shape index (κ3) is 2.41. The van der Waals surface area contributed by atoms with Crippen LogP contribution in [0.4, 0.5) is 0 Å². The van der Waals surface area contributed by atoms with Crippen LogP contribution < -0.4 is 9.47 Å². The normalized spacial score (nSPS) is 15.9. The van der Waals surface area contributed by atoms with Crippen LogP contribution in [0.3, 0.4) is 0 Å². The van der Waals surface area contributed by atoms with E-state index >= 15 is 0 Å². The molecule has 0 unspecified atom stereocenters. The van der Waals surface area contributed by atoms with Gasteiger partial charge >= 0.3 is 0 Å². The monoisotopic (exact) mass is 262 g/mol. The third-order valence-corrected chi connectivity index (χ3v) is 3.58. The molecule has 0 aliphatic heterocycles. The SMILES string of the molecule is COc1cccc(OC2CC2)c1S(=O)(=O)Cl. The Labute approximate surface area is 98.5 Å². The van der Waals surface area contributed by atoms with Crippen molar-refractivity contribution in [1.82, 2.24) is 0 Å². The highest BCUT2D eigenvalue weighted by Gasteiger charge is 2.29. The van der Waals surface area contributed by atoms with Gasteiger partial charge in [-0.1, -0.05) is 6.07 Å². The number of hydrogen-bond acceptors (Lipinski definition) is 4. The van der Waals surface area contributed by atoms with Gasteiger partial charge in [-0.15, -0.1) is 0 Å². The molecule has 1 aliphatic carbocycles. The molecule has 0 amide bonds. The van der Waals surface area contributed by atoms with E-state index in [9.17, 15) is 8.42 Å². The van der Waals surface area contributed by atoms with Gasteiger partial charge in [0.2, 0.25) is 0 Å². The van der Waals surface area contributed by atoms with E-state index in [0.29, 0.717) is 0 Å². The lowest BCUT2D eigenvalue weighted by atomic mass is 10.3. The number of rotatable bonds is 4. The number of halogens is 1. The van der Waals surface area contributed by atoms with Crippen LogP contribution >= 0.6 is 10.7 Å². The first kappa shape index (κ1) is 11.5. The Kier molecular flexibility index (Phi) is 2.99. The first-order chi connectivity index (χ1) is 7.52. The Morgan fingerprint density at radius 1 is 1.31 bits per heavy atom. The second-order valence-electron chi connectivity index (χ2n) is 3.54. The molecule has 1 aromatic carbocycles. The number of hydrogen-bond donors (Lipinski definition) is 0. The molecule has 0 spiro atoms. The summed E-state index contributed by atoms with van der Waals surface area (Å²) in [6.45, 7) is 0. The summed E-state index contributed by atoms with van der Waals surface area (Å²) in [7, 11) is 2.88. The Hall–Kier alpha value is -0.940. The van der Waals surface area contributed by atoms with Crippen molar-refractivity contribution in [3.05, 3.63) is 18.2 Å². The van der Waals surface area contributed by atoms with Gasteiger partial charge in [0.15, 0.2) is 4.90 Å². The van der Waals surface area contributed by atoms with Gasteiger partial charge in [-0.2, -0.15) is 0 Å². The largest absolute Gasteiger partial charge is 0.495 e. The van der Waals surface area contributed by atoms with Crippen molar-refractivity contribution in [2.24, 2.45) is 0 Å². The first-order valence-electron chi connectivity index (χ1n) is 4.80. The summed E-state index contributed by atoms with van der Waals surface area (Å²) in [5, 5.41) is 0. The molecule has 0 bridgehead atoms. The van der Waals surface area contributed by atoms with Crippen molar-refractivity contribution in [2.75, 3.05) is 7.11 Å². The summed E-state index contributed by atoms with van der Waals surface area (Å²) in [5.41, 5.74) is 0. The summed E-state index contributed by atoms with van der Waals surface area (Å²) in [6.07, 6.45) is 1.99. The zero-order valence-corrected chi connectivity index (χ0v) is 10.2. The van der Waals surface area contributed by atoms with Gasteiger partial charge in [-0.3, -0.25) is 0 Å². The van der Waals surface area contributed by atoms with Crippen molar-refractivity contribution in [1.29, 1.82) is 0 Å². The van der Waals surface area contributed by atoms with Crippen molar-refractivity contribution in [3.63, 3.8) is 0 Å². The second-order valence-corrected chi connectivity index (χ2v) is 6.05. The minimum atomic E-state index is -3.87. The molecule has 0 heterocycles. The van der Waals surface area contributed by atoms with E-state index in [4.69, 9.17) is 20.2 Å². The number of methoxy groups -OCH3 is 1. The quantitative estimate of drug-likeness (QED) is 0.781. The molecule has 4 nitrogen and oxygen atoms in total. The summed E-state index contributed by atoms with van der Waals surface area (Å²) in [6, 6.07) is 4.78. The molecule has 1 fully saturated rings. The smallest absolute Gasteiger partial charge is 0.268 e. The van der Waals surface area contributed by atoms with Crippen LogP contribution in [0.25, 0.3) is 0 Å². The summed E-state index contributed by atoms with van der Waals surface area (Å²) < 4.78 is 33.3. The fourth-order valence-electron chi connectivity index (χ4n) is 1.36. The van der Waals surface area contributed by atoms with Crippen molar-refractivity contribution >= 4 is 19.7 Å². The molecule has 0 aromatic heterocycles. The highest BCUT2D eigenvalue weighted by atomic mass is 35.7. The fraction of sp³-hybridized carbons (Fsp3) is 0.400. The second kappa shape index (κ2) is 4.14. The fourth-order valence-corrected chi connectivity index (χ4v) is 2.56. The topological polar surface area (TPSA) is 52.6 Å². The zero-order chi connectivity index (χ0) is 11.8. The van der Waals surface area contributed by atoms with Crippen molar-refractivity contribution in [3.8, 4) is 11.5 Å². The van der Waals surface area contributed by atoms with Crippen LogP contribution in [0.1, 0.15) is 12.8 Å². The molecule has 1 aliphatic rings. The Bertz CT molecular complexity index is 494. The van der Waals surface area contributed by atoms with E-state index in [2.05, 4.69) is 0 Å². The predicted molar refractivity (Wildman–Crippen MR) is 59.7 cm³/mol. The lowest BCUT2D eigenvalue weighted by molar-refractivity contribution is 0.290. The van der Waals surface area contributed by atoms with E-state index < -0.39 is 9.05 Å². The van der Waals surface area contributed by atoms with E-state index in [1.54, 1.807) is 12.1 Å². The molecule has 0 atom stereocenters. The van der Waals surface area contributed by atoms with Gasteiger partial charge < -0.3 is 9.47 Å². The molecular formula is C10H11ClO4S. The average Bonchev–Trinajstić information content (AvgIpc) is 2.99. The first-order valence-corrected chi connectivity index (χ1v) is 7.11. The lowest BCUT2D eigenvalue weighted by Crippen LogP contribution is -2.03. The minimum absolute atomic E-state index is 0.0916. The third-order valence-electron chi connectivity index (χ3n) is 2.22. The minimum Gasteiger partial charge on any atom is -0.495 e. The molecular weight excluding hydrogens is 252 g/mol. The maximum Gasteiger partial charge on any atom is 0.268 e. The maximum atomic E-state index is 11.4. The Balaban J connectivity index is 2.49. The molecule has 88 valence electrons. The molecule has 1 saturated carbocycles. The van der Waals surface area contributed by atoms with Gasteiger partial charge in [0, 0.05) is 10.7 Å². The van der Waals surface area contributed by atoms with E-state index in [1.165, 1.54) is 13.2 Å². The zero-order valence-electron chi connectivity index (χ0n) is 8.64. The van der Waals surface area contributed by atoms with Crippen LogP contribution in [0, 0.1) is 0 Å². The predicted octanol–water partition coefficient (Wildman–Crippen LogP) is 2.16. The Morgan fingerprint density at radius 3 is 2.44 bits per heavy atom. The highest BCUT2D eigenvalue weighted by Crippen LogP contribution is 2.38. The van der Waals surface area contributed by atoms with E-state index in [-0.39, 0.29) is 22.5 Å². The number of benzene rings is 1. The standard InChI is InChI=1S/C10H11ClO4S/c1-14-8-3-2-4-9(15-7-5-6-7)10(8)16(11,12)13/h2-4,7H,5-6H2,1H3. The van der Waals surface area contributed by atoms with Gasteiger partial charge in [0.1, 0.15) is 11.5 Å². The van der Waals surface area contributed by atoms with Crippen molar-refractivity contribution in [2.45, 2.75) is 23.8 Å². The van der Waals surface area contributed by atoms with Crippen LogP contribution in [0.5, 0.6) is 11.5 Å². The van der Waals surface area contributed by atoms with Gasteiger partial charge in [-0.05, 0) is 25.0 Å². The van der Waals surface area contributed by atoms with E-state index in [0.717, 1.165) is 12.8 Å². The summed E-state index contributed by atoms with van der Waals surface area (Å²) in [5.74, 6) is 0.463. The molecule has 1 aromatic rings. The van der Waals surface area contributed by atoms with Gasteiger partial charge in [0.25, 0.3) is 9.05 Å². The molecule has 2 rings (SSSR count). The molecule has 0 radical (unpaired) electrons. The van der Waals surface area contributed by atoms with Crippen molar-refractivity contribution < 1.29 is 17.9 Å². The Morgan fingerprint density at radius 2 is 1.94 bits per heavy atom. The van der Waals surface area contributed by atoms with Gasteiger partial charge in [-0.25, -0.2) is 8.42 Å². The maximum absolute atomic E-state index is 11.4. The van der Waals surface area contributed by atoms with Crippen LogP contribution in [-0.4, -0.2) is 21.6 Å².